The number of aryl methyl sites for hydroxylation is 2. The van der Waals surface area contributed by atoms with Crippen LogP contribution in [0.1, 0.15) is 32.3 Å². The standard InChI is InChI=1S/C18H22ClN5O4S/c1-3-8-29(27,28)20-6-5-7-24-14-9-11(4-2)12(19)10-13(14)21-15-16(24)22-18(26)23-17(15)25/h9-10,20H,3-8H2,1-2H3,(H,23,25,26). The molecule has 3 rings (SSSR count). The molecule has 0 fully saturated rings. The first kappa shape index (κ1) is 21.4. The van der Waals surface area contributed by atoms with Gasteiger partial charge in [-0.15, -0.1) is 0 Å². The van der Waals surface area contributed by atoms with Gasteiger partial charge in [-0.25, -0.2) is 22.9 Å². The quantitative estimate of drug-likeness (QED) is 0.404. The summed E-state index contributed by atoms with van der Waals surface area (Å²) in [7, 11) is -3.31. The van der Waals surface area contributed by atoms with E-state index in [9.17, 15) is 18.0 Å². The second-order valence-corrected chi connectivity index (χ2v) is 8.99. The van der Waals surface area contributed by atoms with E-state index in [2.05, 4.69) is 19.7 Å². The summed E-state index contributed by atoms with van der Waals surface area (Å²) in [4.78, 5) is 34.4. The molecule has 156 valence electrons. The van der Waals surface area contributed by atoms with Crippen molar-refractivity contribution < 1.29 is 8.42 Å². The number of H-pyrrole nitrogens is 1. The molecule has 0 atom stereocenters. The van der Waals surface area contributed by atoms with E-state index in [1.165, 1.54) is 0 Å². The van der Waals surface area contributed by atoms with Crippen molar-refractivity contribution in [2.24, 2.45) is 0 Å². The number of hydrogen-bond acceptors (Lipinski definition) is 6. The number of nitrogens with one attached hydrogen (secondary N) is 2. The Bertz CT molecular complexity index is 1240. The number of benzene rings is 1. The van der Waals surface area contributed by atoms with Crippen molar-refractivity contribution in [3.05, 3.63) is 43.6 Å². The molecule has 0 unspecified atom stereocenters. The Hall–Kier alpha value is -2.30. The van der Waals surface area contributed by atoms with Crippen molar-refractivity contribution in [1.82, 2.24) is 24.2 Å². The lowest BCUT2D eigenvalue weighted by atomic mass is 10.1. The van der Waals surface area contributed by atoms with Gasteiger partial charge < -0.3 is 4.57 Å². The third-order valence-corrected chi connectivity index (χ3v) is 6.45. The number of halogens is 1. The fourth-order valence-corrected chi connectivity index (χ4v) is 4.59. The van der Waals surface area contributed by atoms with Gasteiger partial charge in [0.05, 0.1) is 16.8 Å². The van der Waals surface area contributed by atoms with Crippen LogP contribution in [0, 0.1) is 0 Å². The van der Waals surface area contributed by atoms with E-state index in [0.29, 0.717) is 41.9 Å². The molecule has 0 radical (unpaired) electrons. The van der Waals surface area contributed by atoms with Crippen LogP contribution in [0.2, 0.25) is 5.02 Å². The first-order valence-electron chi connectivity index (χ1n) is 9.36. The van der Waals surface area contributed by atoms with Crippen molar-refractivity contribution >= 4 is 32.7 Å². The first-order valence-corrected chi connectivity index (χ1v) is 11.4. The lowest BCUT2D eigenvalue weighted by Gasteiger charge is -2.18. The van der Waals surface area contributed by atoms with Crippen LogP contribution in [-0.2, 0) is 23.0 Å². The molecule has 9 nitrogen and oxygen atoms in total. The van der Waals surface area contributed by atoms with E-state index >= 15 is 0 Å². The van der Waals surface area contributed by atoms with Gasteiger partial charge in [0, 0.05) is 18.1 Å². The average molecular weight is 440 g/mol. The highest BCUT2D eigenvalue weighted by molar-refractivity contribution is 7.89. The van der Waals surface area contributed by atoms with Crippen molar-refractivity contribution in [1.29, 1.82) is 0 Å². The van der Waals surface area contributed by atoms with Crippen LogP contribution in [0.15, 0.2) is 21.7 Å². The Morgan fingerprint density at radius 2 is 1.97 bits per heavy atom. The minimum absolute atomic E-state index is 0.0315. The summed E-state index contributed by atoms with van der Waals surface area (Å²) in [6, 6.07) is 3.54. The minimum atomic E-state index is -3.31. The van der Waals surface area contributed by atoms with Crippen molar-refractivity contribution in [3.8, 4) is 11.5 Å². The van der Waals surface area contributed by atoms with E-state index in [0.717, 1.165) is 5.56 Å². The van der Waals surface area contributed by atoms with Gasteiger partial charge >= 0.3 is 5.69 Å². The zero-order chi connectivity index (χ0) is 21.2. The van der Waals surface area contributed by atoms with Crippen LogP contribution < -0.4 is 16.0 Å². The summed E-state index contributed by atoms with van der Waals surface area (Å²) in [6.07, 6.45) is 1.66. The minimum Gasteiger partial charge on any atom is -0.322 e. The lowest BCUT2D eigenvalue weighted by Crippen LogP contribution is -2.30. The van der Waals surface area contributed by atoms with Crippen molar-refractivity contribution in [3.63, 3.8) is 0 Å². The number of nitrogens with zero attached hydrogens (tertiary/aromatic N) is 3. The van der Waals surface area contributed by atoms with Crippen LogP contribution >= 0.6 is 11.6 Å². The molecule has 0 amide bonds. The zero-order valence-corrected chi connectivity index (χ0v) is 17.7. The number of sulfonamides is 1. The fraction of sp³-hybridized carbons (Fsp3) is 0.444. The molecule has 1 aromatic carbocycles. The molecule has 1 aromatic rings. The zero-order valence-electron chi connectivity index (χ0n) is 16.2. The molecular formula is C18H22ClN5O4S. The fourth-order valence-electron chi connectivity index (χ4n) is 3.16. The lowest BCUT2D eigenvalue weighted by molar-refractivity contribution is 0.570. The Morgan fingerprint density at radius 3 is 2.66 bits per heavy atom. The van der Waals surface area contributed by atoms with Gasteiger partial charge in [0.2, 0.25) is 10.0 Å². The predicted octanol–water partition coefficient (Wildman–Crippen LogP) is 1.52. The highest BCUT2D eigenvalue weighted by atomic mass is 35.5. The molecule has 2 heterocycles. The van der Waals surface area contributed by atoms with Crippen LogP contribution in [0.5, 0.6) is 0 Å². The summed E-state index contributed by atoms with van der Waals surface area (Å²) in [5.41, 5.74) is 0.708. The predicted molar refractivity (Wildman–Crippen MR) is 112 cm³/mol. The molecule has 0 aromatic heterocycles. The molecule has 29 heavy (non-hydrogen) atoms. The number of aromatic nitrogens is 4. The van der Waals surface area contributed by atoms with Gasteiger partial charge in [0.1, 0.15) is 0 Å². The van der Waals surface area contributed by atoms with Crippen LogP contribution in [0.25, 0.3) is 22.6 Å². The summed E-state index contributed by atoms with van der Waals surface area (Å²) in [6.45, 7) is 4.32. The third-order valence-electron chi connectivity index (χ3n) is 4.51. The number of aromatic amines is 1. The summed E-state index contributed by atoms with van der Waals surface area (Å²) in [5.74, 6) is 0.225. The van der Waals surface area contributed by atoms with Gasteiger partial charge in [0.15, 0.2) is 11.5 Å². The maximum absolute atomic E-state index is 12.2. The molecule has 0 aliphatic carbocycles. The Morgan fingerprint density at radius 1 is 1.21 bits per heavy atom. The van der Waals surface area contributed by atoms with E-state index < -0.39 is 21.3 Å². The summed E-state index contributed by atoms with van der Waals surface area (Å²) in [5, 5.41) is 0.538. The molecule has 2 N–H and O–H groups in total. The number of fused-ring (bicyclic) bond motifs is 2. The number of hydrogen-bond donors (Lipinski definition) is 2. The topological polar surface area (TPSA) is 127 Å². The van der Waals surface area contributed by atoms with E-state index in [1.807, 2.05) is 13.0 Å². The second kappa shape index (κ2) is 8.60. The normalized spacial score (nSPS) is 12.1. The van der Waals surface area contributed by atoms with Crippen molar-refractivity contribution in [2.75, 3.05) is 12.3 Å². The first-order chi connectivity index (χ1) is 13.8. The molecule has 2 aliphatic heterocycles. The van der Waals surface area contributed by atoms with Gasteiger partial charge in [-0.05, 0) is 37.0 Å². The maximum Gasteiger partial charge on any atom is 0.349 e. The third kappa shape index (κ3) is 4.65. The Labute approximate surface area is 172 Å². The number of rotatable bonds is 8. The largest absolute Gasteiger partial charge is 0.349 e. The Balaban J connectivity index is 2.06. The van der Waals surface area contributed by atoms with Crippen LogP contribution in [0.4, 0.5) is 0 Å². The Kier molecular flexibility index (Phi) is 6.35. The summed E-state index contributed by atoms with van der Waals surface area (Å²) >= 11 is 6.30. The highest BCUT2D eigenvalue weighted by Crippen LogP contribution is 2.27. The smallest absolute Gasteiger partial charge is 0.322 e. The second-order valence-electron chi connectivity index (χ2n) is 6.66. The molecular weight excluding hydrogens is 418 g/mol. The average Bonchev–Trinajstić information content (AvgIpc) is 2.64. The molecule has 0 saturated heterocycles. The molecule has 0 saturated carbocycles. The molecule has 0 spiro atoms. The van der Waals surface area contributed by atoms with E-state index in [4.69, 9.17) is 11.6 Å². The van der Waals surface area contributed by atoms with Gasteiger partial charge in [-0.2, -0.15) is 4.98 Å². The monoisotopic (exact) mass is 439 g/mol. The van der Waals surface area contributed by atoms with E-state index in [-0.39, 0.29) is 23.8 Å². The van der Waals surface area contributed by atoms with Crippen molar-refractivity contribution in [2.45, 2.75) is 39.7 Å². The van der Waals surface area contributed by atoms with Gasteiger partial charge in [0.25, 0.3) is 5.56 Å². The van der Waals surface area contributed by atoms with E-state index in [1.54, 1.807) is 17.6 Å². The molecule has 11 heteroatoms. The SMILES string of the molecule is CCCS(=O)(=O)NCCCn1c2nc(=O)[nH]c(=O)c-2nc2cc(Cl)c(CC)cc21. The maximum atomic E-state index is 12.2. The van der Waals surface area contributed by atoms with Gasteiger partial charge in [-0.3, -0.25) is 9.78 Å². The van der Waals surface area contributed by atoms with Gasteiger partial charge in [-0.1, -0.05) is 25.4 Å². The highest BCUT2D eigenvalue weighted by Gasteiger charge is 2.19. The molecule has 2 aliphatic rings. The summed E-state index contributed by atoms with van der Waals surface area (Å²) < 4.78 is 27.9. The van der Waals surface area contributed by atoms with Crippen LogP contribution in [-0.4, -0.2) is 40.2 Å². The van der Waals surface area contributed by atoms with Crippen LogP contribution in [0.3, 0.4) is 0 Å². The molecule has 0 bridgehead atoms.